The van der Waals surface area contributed by atoms with E-state index in [9.17, 15) is 9.59 Å². The summed E-state index contributed by atoms with van der Waals surface area (Å²) in [6, 6.07) is 4.67. The summed E-state index contributed by atoms with van der Waals surface area (Å²) < 4.78 is 0.844. The smallest absolute Gasteiger partial charge is 0.264 e. The number of nitrogens with one attached hydrogen (secondary N) is 1. The summed E-state index contributed by atoms with van der Waals surface area (Å²) in [7, 11) is 3.28. The van der Waals surface area contributed by atoms with Gasteiger partial charge in [-0.3, -0.25) is 9.59 Å². The third-order valence-corrected chi connectivity index (χ3v) is 4.46. The van der Waals surface area contributed by atoms with E-state index in [4.69, 9.17) is 17.3 Å². The van der Waals surface area contributed by atoms with Crippen LogP contribution in [0.2, 0.25) is 5.02 Å². The van der Waals surface area contributed by atoms with Crippen LogP contribution in [0, 0.1) is 0 Å². The molecule has 5 nitrogen and oxygen atoms in total. The van der Waals surface area contributed by atoms with Gasteiger partial charge >= 0.3 is 0 Å². The van der Waals surface area contributed by atoms with Gasteiger partial charge in [0.05, 0.1) is 5.69 Å². The molecule has 1 aromatic carbocycles. The number of hydrogen-bond donors (Lipinski definition) is 2. The second kappa shape index (κ2) is 5.91. The zero-order valence-corrected chi connectivity index (χ0v) is 13.5. The zero-order chi connectivity index (χ0) is 15.7. The summed E-state index contributed by atoms with van der Waals surface area (Å²) in [5.74, 6) is -0.529. The number of likely N-dealkylation sites (N-methyl/N-ethyl adjacent to an activating group) is 1. The lowest BCUT2D eigenvalue weighted by Crippen LogP contribution is -2.44. The Morgan fingerprint density at radius 3 is 2.67 bits per heavy atom. The Kier molecular flexibility index (Phi) is 4.39. The van der Waals surface area contributed by atoms with Crippen LogP contribution in [0.25, 0.3) is 10.1 Å². The van der Waals surface area contributed by atoms with Crippen molar-refractivity contribution >= 4 is 50.5 Å². The molecule has 1 atom stereocenters. The van der Waals surface area contributed by atoms with E-state index in [0.717, 1.165) is 10.1 Å². The molecule has 2 amide bonds. The van der Waals surface area contributed by atoms with Crippen molar-refractivity contribution in [1.82, 2.24) is 10.2 Å². The third-order valence-electron chi connectivity index (χ3n) is 3.06. The number of anilines is 1. The number of halogens is 1. The molecular formula is C14H16ClN3O2S. The number of nitrogens with two attached hydrogens (primary N) is 1. The van der Waals surface area contributed by atoms with Crippen LogP contribution in [0.15, 0.2) is 18.2 Å². The molecule has 2 rings (SSSR count). The van der Waals surface area contributed by atoms with Gasteiger partial charge in [-0.15, -0.1) is 11.3 Å². The summed E-state index contributed by atoms with van der Waals surface area (Å²) in [5.41, 5.74) is 6.42. The summed E-state index contributed by atoms with van der Waals surface area (Å²) in [5, 5.41) is 4.04. The fourth-order valence-corrected chi connectivity index (χ4v) is 3.27. The first-order valence-corrected chi connectivity index (χ1v) is 7.50. The third kappa shape index (κ3) is 3.11. The maximum Gasteiger partial charge on any atom is 0.264 e. The van der Waals surface area contributed by atoms with Crippen LogP contribution in [0.4, 0.5) is 5.69 Å². The van der Waals surface area contributed by atoms with Crippen molar-refractivity contribution in [2.45, 2.75) is 13.0 Å². The molecule has 0 saturated carbocycles. The summed E-state index contributed by atoms with van der Waals surface area (Å²) in [4.78, 5) is 25.9. The van der Waals surface area contributed by atoms with E-state index in [1.165, 1.54) is 16.2 Å². The molecule has 3 N–H and O–H groups in total. The van der Waals surface area contributed by atoms with E-state index in [-0.39, 0.29) is 11.8 Å². The van der Waals surface area contributed by atoms with Crippen molar-refractivity contribution in [2.24, 2.45) is 0 Å². The average molecular weight is 326 g/mol. The molecule has 0 aliphatic carbocycles. The van der Waals surface area contributed by atoms with Gasteiger partial charge in [-0.05, 0) is 25.1 Å². The fraction of sp³-hybridized carbons (Fsp3) is 0.286. The van der Waals surface area contributed by atoms with Crippen molar-refractivity contribution in [3.8, 4) is 0 Å². The lowest BCUT2D eigenvalue weighted by molar-refractivity contribution is -0.130. The second-order valence-corrected chi connectivity index (χ2v) is 6.40. The molecule has 0 aliphatic heterocycles. The van der Waals surface area contributed by atoms with Crippen molar-refractivity contribution in [3.63, 3.8) is 0 Å². The second-order valence-electron chi connectivity index (χ2n) is 4.91. The number of nitrogens with zero attached hydrogens (tertiary/aromatic N) is 1. The van der Waals surface area contributed by atoms with Crippen molar-refractivity contribution in [2.75, 3.05) is 19.8 Å². The van der Waals surface area contributed by atoms with E-state index in [2.05, 4.69) is 5.32 Å². The predicted octanol–water partition coefficient (Wildman–Crippen LogP) is 2.34. The Balaban J connectivity index is 2.28. The SMILES string of the molecule is CC(NC(=O)c1sc2cc(Cl)ccc2c1N)C(=O)N(C)C. The number of nitrogen functional groups attached to an aromatic ring is 1. The van der Waals surface area contributed by atoms with Gasteiger partial charge in [-0.2, -0.15) is 0 Å². The van der Waals surface area contributed by atoms with Crippen LogP contribution in [-0.2, 0) is 4.79 Å². The molecule has 0 spiro atoms. The molecular weight excluding hydrogens is 310 g/mol. The lowest BCUT2D eigenvalue weighted by Gasteiger charge is -2.17. The van der Waals surface area contributed by atoms with Gasteiger partial charge in [0.2, 0.25) is 5.91 Å². The number of carbonyl (C=O) groups is 2. The highest BCUT2D eigenvalue weighted by atomic mass is 35.5. The minimum atomic E-state index is -0.610. The molecule has 7 heteroatoms. The van der Waals surface area contributed by atoms with Crippen LogP contribution in [0.1, 0.15) is 16.6 Å². The molecule has 1 aromatic heterocycles. The quantitative estimate of drug-likeness (QED) is 0.909. The van der Waals surface area contributed by atoms with Crippen LogP contribution >= 0.6 is 22.9 Å². The molecule has 0 radical (unpaired) electrons. The Bertz CT molecular complexity index is 712. The monoisotopic (exact) mass is 325 g/mol. The molecule has 21 heavy (non-hydrogen) atoms. The molecule has 1 unspecified atom stereocenters. The van der Waals surface area contributed by atoms with Gasteiger partial charge in [0.1, 0.15) is 10.9 Å². The van der Waals surface area contributed by atoms with Crippen LogP contribution in [0.3, 0.4) is 0 Å². The van der Waals surface area contributed by atoms with Crippen molar-refractivity contribution in [1.29, 1.82) is 0 Å². The number of benzene rings is 1. The predicted molar refractivity (Wildman–Crippen MR) is 86.9 cm³/mol. The Morgan fingerprint density at radius 2 is 2.05 bits per heavy atom. The highest BCUT2D eigenvalue weighted by molar-refractivity contribution is 7.21. The molecule has 0 fully saturated rings. The van der Waals surface area contributed by atoms with E-state index >= 15 is 0 Å². The zero-order valence-electron chi connectivity index (χ0n) is 11.9. The number of rotatable bonds is 3. The minimum Gasteiger partial charge on any atom is -0.397 e. The lowest BCUT2D eigenvalue weighted by atomic mass is 10.2. The molecule has 0 saturated heterocycles. The summed E-state index contributed by atoms with van der Waals surface area (Å²) in [6.07, 6.45) is 0. The molecule has 1 heterocycles. The number of thiophene rings is 1. The largest absolute Gasteiger partial charge is 0.397 e. The number of hydrogen-bond acceptors (Lipinski definition) is 4. The highest BCUT2D eigenvalue weighted by Gasteiger charge is 2.21. The Labute approximate surface area is 131 Å². The molecule has 112 valence electrons. The first kappa shape index (κ1) is 15.6. The maximum absolute atomic E-state index is 12.3. The van der Waals surface area contributed by atoms with E-state index in [1.54, 1.807) is 39.2 Å². The van der Waals surface area contributed by atoms with Gasteiger partial charge in [-0.25, -0.2) is 0 Å². The Hall–Kier alpha value is -1.79. The molecule has 0 aliphatic rings. The standard InChI is InChI=1S/C14H16ClN3O2S/c1-7(14(20)18(2)3)17-13(19)12-11(16)9-5-4-8(15)6-10(9)21-12/h4-7H,16H2,1-3H3,(H,17,19). The minimum absolute atomic E-state index is 0.175. The van der Waals surface area contributed by atoms with Crippen molar-refractivity contribution < 1.29 is 9.59 Å². The number of amides is 2. The van der Waals surface area contributed by atoms with E-state index in [1.807, 2.05) is 0 Å². The van der Waals surface area contributed by atoms with E-state index < -0.39 is 6.04 Å². The van der Waals surface area contributed by atoms with Crippen LogP contribution < -0.4 is 11.1 Å². The summed E-state index contributed by atoms with van der Waals surface area (Å²) >= 11 is 7.20. The highest BCUT2D eigenvalue weighted by Crippen LogP contribution is 2.35. The van der Waals surface area contributed by atoms with Gasteiger partial charge in [-0.1, -0.05) is 11.6 Å². The van der Waals surface area contributed by atoms with Crippen LogP contribution in [-0.4, -0.2) is 36.9 Å². The van der Waals surface area contributed by atoms with Gasteiger partial charge < -0.3 is 16.0 Å². The Morgan fingerprint density at radius 1 is 1.38 bits per heavy atom. The van der Waals surface area contributed by atoms with Crippen LogP contribution in [0.5, 0.6) is 0 Å². The average Bonchev–Trinajstić information content (AvgIpc) is 2.74. The van der Waals surface area contributed by atoms with Gasteiger partial charge in [0.15, 0.2) is 0 Å². The first-order valence-electron chi connectivity index (χ1n) is 6.30. The molecule has 2 aromatic rings. The van der Waals surface area contributed by atoms with Crippen molar-refractivity contribution in [3.05, 3.63) is 28.1 Å². The van der Waals surface area contributed by atoms with Gasteiger partial charge in [0, 0.05) is 29.2 Å². The normalized spacial score (nSPS) is 12.2. The topological polar surface area (TPSA) is 75.4 Å². The first-order chi connectivity index (χ1) is 9.81. The molecule has 0 bridgehead atoms. The van der Waals surface area contributed by atoms with E-state index in [0.29, 0.717) is 15.6 Å². The van der Waals surface area contributed by atoms with Gasteiger partial charge in [0.25, 0.3) is 5.91 Å². The number of carbonyl (C=O) groups excluding carboxylic acids is 2. The number of fused-ring (bicyclic) bond motifs is 1. The summed E-state index contributed by atoms with van der Waals surface area (Å²) in [6.45, 7) is 1.64. The fourth-order valence-electron chi connectivity index (χ4n) is 1.97. The maximum atomic E-state index is 12.3.